The van der Waals surface area contributed by atoms with Crippen molar-refractivity contribution in [2.24, 2.45) is 17.6 Å². The highest BCUT2D eigenvalue weighted by molar-refractivity contribution is 5.94. The predicted molar refractivity (Wildman–Crippen MR) is 128 cm³/mol. The molecule has 10 heteroatoms. The summed E-state index contributed by atoms with van der Waals surface area (Å²) in [5.41, 5.74) is 6.33. The monoisotopic (exact) mass is 478 g/mol. The Hall–Kier alpha value is -2.98. The molecule has 10 nitrogen and oxygen atoms in total. The van der Waals surface area contributed by atoms with Gasteiger partial charge in [0.2, 0.25) is 17.7 Å². The van der Waals surface area contributed by atoms with Gasteiger partial charge < -0.3 is 31.9 Å². The second-order valence-corrected chi connectivity index (χ2v) is 9.26. The first-order chi connectivity index (χ1) is 15.9. The molecule has 0 heterocycles. The van der Waals surface area contributed by atoms with E-state index in [2.05, 4.69) is 16.0 Å². The summed E-state index contributed by atoms with van der Waals surface area (Å²) in [6.07, 6.45) is 0.642. The number of carbonyl (C=O) groups is 4. The van der Waals surface area contributed by atoms with Gasteiger partial charge in [0, 0.05) is 6.42 Å². The minimum absolute atomic E-state index is 0.0323. The number of nitrogens with one attached hydrogen (secondary N) is 3. The van der Waals surface area contributed by atoms with Crippen molar-refractivity contribution >= 4 is 23.7 Å². The van der Waals surface area contributed by atoms with Gasteiger partial charge in [0.05, 0.1) is 6.61 Å². The summed E-state index contributed by atoms with van der Waals surface area (Å²) in [6.45, 7) is 6.86. The minimum Gasteiger partial charge on any atom is -0.480 e. The van der Waals surface area contributed by atoms with E-state index in [1.165, 1.54) is 0 Å². The molecule has 0 aliphatic rings. The number of aliphatic hydroxyl groups excluding tert-OH is 1. The van der Waals surface area contributed by atoms with Crippen LogP contribution in [0.15, 0.2) is 30.3 Å². The summed E-state index contributed by atoms with van der Waals surface area (Å²) in [4.78, 5) is 50.0. The Balaban J connectivity index is 3.11. The second-order valence-electron chi connectivity index (χ2n) is 9.26. The first kappa shape index (κ1) is 29.1. The third kappa shape index (κ3) is 10.3. The van der Waals surface area contributed by atoms with Gasteiger partial charge in [0.1, 0.15) is 24.2 Å². The number of benzene rings is 1. The molecule has 0 saturated carbocycles. The fraction of sp³-hybridized carbons (Fsp3) is 0.583. The van der Waals surface area contributed by atoms with Crippen LogP contribution in [0.3, 0.4) is 0 Å². The molecule has 7 N–H and O–H groups in total. The van der Waals surface area contributed by atoms with E-state index in [1.807, 2.05) is 33.8 Å². The third-order valence-electron chi connectivity index (χ3n) is 5.11. The molecular weight excluding hydrogens is 440 g/mol. The molecule has 190 valence electrons. The lowest BCUT2D eigenvalue weighted by Gasteiger charge is -2.26. The molecule has 1 aromatic carbocycles. The fourth-order valence-electron chi connectivity index (χ4n) is 3.36. The van der Waals surface area contributed by atoms with Crippen molar-refractivity contribution in [2.45, 2.75) is 71.1 Å². The number of amides is 3. The Morgan fingerprint density at radius 3 is 1.76 bits per heavy atom. The van der Waals surface area contributed by atoms with Crippen LogP contribution in [0.5, 0.6) is 0 Å². The first-order valence-corrected chi connectivity index (χ1v) is 11.5. The lowest BCUT2D eigenvalue weighted by molar-refractivity contribution is -0.142. The molecule has 0 aromatic heterocycles. The Morgan fingerprint density at radius 2 is 1.26 bits per heavy atom. The zero-order valence-electron chi connectivity index (χ0n) is 20.3. The van der Waals surface area contributed by atoms with Crippen LogP contribution in [0.1, 0.15) is 46.1 Å². The molecule has 3 amide bonds. The predicted octanol–water partition coefficient (Wildman–Crippen LogP) is 0.180. The van der Waals surface area contributed by atoms with Crippen molar-refractivity contribution in [1.82, 2.24) is 16.0 Å². The number of nitrogens with two attached hydrogens (primary N) is 1. The number of aliphatic carboxylic acids is 1. The Labute approximate surface area is 200 Å². The van der Waals surface area contributed by atoms with Crippen LogP contribution in [-0.2, 0) is 25.6 Å². The van der Waals surface area contributed by atoms with Crippen molar-refractivity contribution < 1.29 is 29.4 Å². The number of hydrogen-bond donors (Lipinski definition) is 6. The first-order valence-electron chi connectivity index (χ1n) is 11.5. The quantitative estimate of drug-likeness (QED) is 0.221. The Kier molecular flexibility index (Phi) is 12.2. The maximum Gasteiger partial charge on any atom is 0.326 e. The molecule has 0 bridgehead atoms. The molecule has 0 aliphatic heterocycles. The van der Waals surface area contributed by atoms with E-state index in [4.69, 9.17) is 10.8 Å². The lowest BCUT2D eigenvalue weighted by atomic mass is 10.00. The molecule has 0 fully saturated rings. The van der Waals surface area contributed by atoms with E-state index in [0.717, 1.165) is 5.56 Å². The molecule has 4 unspecified atom stereocenters. The van der Waals surface area contributed by atoms with E-state index in [0.29, 0.717) is 0 Å². The van der Waals surface area contributed by atoms with Crippen molar-refractivity contribution in [1.29, 1.82) is 0 Å². The van der Waals surface area contributed by atoms with E-state index >= 15 is 0 Å². The van der Waals surface area contributed by atoms with E-state index in [9.17, 15) is 24.3 Å². The van der Waals surface area contributed by atoms with Crippen LogP contribution < -0.4 is 21.7 Å². The SMILES string of the molecule is CC(C)CC(NC(=O)C(Cc1ccccc1)NC(=O)C(CC(C)C)NC(=O)C(N)CO)C(=O)O. The molecule has 4 atom stereocenters. The molecular formula is C24H38N4O6. The van der Waals surface area contributed by atoms with E-state index in [1.54, 1.807) is 24.3 Å². The van der Waals surface area contributed by atoms with Gasteiger partial charge in [-0.25, -0.2) is 4.79 Å². The fourth-order valence-corrected chi connectivity index (χ4v) is 3.36. The average Bonchev–Trinajstić information content (AvgIpc) is 2.76. The summed E-state index contributed by atoms with van der Waals surface area (Å²) in [6, 6.07) is 4.66. The van der Waals surface area contributed by atoms with Gasteiger partial charge in [0.25, 0.3) is 0 Å². The summed E-state index contributed by atoms with van der Waals surface area (Å²) in [5.74, 6) is -3.01. The second kappa shape index (κ2) is 14.3. The van der Waals surface area contributed by atoms with Crippen molar-refractivity contribution in [2.75, 3.05) is 6.61 Å². The van der Waals surface area contributed by atoms with Crippen LogP contribution in [0, 0.1) is 11.8 Å². The van der Waals surface area contributed by atoms with Gasteiger partial charge in [-0.05, 0) is 30.2 Å². The van der Waals surface area contributed by atoms with Crippen molar-refractivity contribution in [3.05, 3.63) is 35.9 Å². The number of rotatable bonds is 14. The lowest BCUT2D eigenvalue weighted by Crippen LogP contribution is -2.58. The van der Waals surface area contributed by atoms with Gasteiger partial charge in [0.15, 0.2) is 0 Å². The van der Waals surface area contributed by atoms with E-state index < -0.39 is 54.5 Å². The topological polar surface area (TPSA) is 171 Å². The van der Waals surface area contributed by atoms with Crippen LogP contribution in [0.25, 0.3) is 0 Å². The average molecular weight is 479 g/mol. The van der Waals surface area contributed by atoms with Crippen LogP contribution in [0.2, 0.25) is 0 Å². The molecule has 1 rings (SSSR count). The molecule has 0 radical (unpaired) electrons. The number of hydrogen-bond acceptors (Lipinski definition) is 6. The summed E-state index contributed by atoms with van der Waals surface area (Å²) >= 11 is 0. The van der Waals surface area contributed by atoms with Crippen LogP contribution in [0.4, 0.5) is 0 Å². The highest BCUT2D eigenvalue weighted by atomic mass is 16.4. The third-order valence-corrected chi connectivity index (χ3v) is 5.11. The van der Waals surface area contributed by atoms with Gasteiger partial charge in [-0.1, -0.05) is 58.0 Å². The number of carbonyl (C=O) groups excluding carboxylic acids is 3. The van der Waals surface area contributed by atoms with Crippen LogP contribution >= 0.6 is 0 Å². The van der Waals surface area contributed by atoms with Crippen molar-refractivity contribution in [3.8, 4) is 0 Å². The normalized spacial score (nSPS) is 14.7. The van der Waals surface area contributed by atoms with Crippen LogP contribution in [-0.4, -0.2) is 64.7 Å². The molecule has 1 aromatic rings. The number of carboxylic acid groups (broad SMARTS) is 1. The standard InChI is InChI=1S/C24H38N4O6/c1-14(2)10-18(26-21(30)17(25)13-29)22(31)27-19(12-16-8-6-5-7-9-16)23(32)28-20(24(33)34)11-15(3)4/h5-9,14-15,17-20,29H,10-13,25H2,1-4H3,(H,26,30)(H,27,31)(H,28,32)(H,33,34). The smallest absolute Gasteiger partial charge is 0.326 e. The molecule has 0 aliphatic carbocycles. The van der Waals surface area contributed by atoms with E-state index in [-0.39, 0.29) is 31.1 Å². The van der Waals surface area contributed by atoms with Gasteiger partial charge >= 0.3 is 5.97 Å². The molecule has 34 heavy (non-hydrogen) atoms. The largest absolute Gasteiger partial charge is 0.480 e. The van der Waals surface area contributed by atoms with Gasteiger partial charge in [-0.2, -0.15) is 0 Å². The summed E-state index contributed by atoms with van der Waals surface area (Å²) in [5, 5.41) is 26.4. The highest BCUT2D eigenvalue weighted by Gasteiger charge is 2.31. The van der Waals surface area contributed by atoms with Gasteiger partial charge in [-0.15, -0.1) is 0 Å². The minimum atomic E-state index is -1.18. The number of carboxylic acids is 1. The Morgan fingerprint density at radius 1 is 0.794 bits per heavy atom. The number of aliphatic hydroxyl groups is 1. The molecule has 0 spiro atoms. The van der Waals surface area contributed by atoms with Crippen molar-refractivity contribution in [3.63, 3.8) is 0 Å². The Bertz CT molecular complexity index is 815. The molecule has 0 saturated heterocycles. The zero-order chi connectivity index (χ0) is 25.8. The maximum absolute atomic E-state index is 13.1. The van der Waals surface area contributed by atoms with Gasteiger partial charge in [-0.3, -0.25) is 14.4 Å². The summed E-state index contributed by atoms with van der Waals surface area (Å²) < 4.78 is 0. The zero-order valence-corrected chi connectivity index (χ0v) is 20.3. The summed E-state index contributed by atoms with van der Waals surface area (Å²) in [7, 11) is 0. The highest BCUT2D eigenvalue weighted by Crippen LogP contribution is 2.10. The maximum atomic E-state index is 13.1.